The Labute approximate surface area is 177 Å². The number of hydrogen-bond donors (Lipinski definition) is 1. The Morgan fingerprint density at radius 3 is 2.00 bits per heavy atom. The molecule has 0 saturated carbocycles. The number of nitrogens with one attached hydrogen (secondary N) is 1. The van der Waals surface area contributed by atoms with Crippen molar-refractivity contribution in [3.8, 4) is 0 Å². The second kappa shape index (κ2) is 11.6. The van der Waals surface area contributed by atoms with E-state index in [2.05, 4.69) is 18.8 Å². The zero-order valence-electron chi connectivity index (χ0n) is 18.6. The number of sulfonamides is 1. The first-order valence-corrected chi connectivity index (χ1v) is 13.4. The summed E-state index contributed by atoms with van der Waals surface area (Å²) in [6, 6.07) is 8.37. The van der Waals surface area contributed by atoms with E-state index in [1.54, 1.807) is 30.3 Å². The van der Waals surface area contributed by atoms with Crippen molar-refractivity contribution in [2.45, 2.75) is 57.6 Å². The van der Waals surface area contributed by atoms with Crippen LogP contribution in [0.2, 0.25) is 0 Å². The quantitative estimate of drug-likeness (QED) is 0.265. The molecule has 0 bridgehead atoms. The summed E-state index contributed by atoms with van der Waals surface area (Å²) in [6.07, 6.45) is 1.49. The number of quaternary nitrogens is 1. The fourth-order valence-electron chi connectivity index (χ4n) is 2.97. The van der Waals surface area contributed by atoms with E-state index < -0.39 is 17.6 Å². The summed E-state index contributed by atoms with van der Waals surface area (Å²) in [5.41, 5.74) is 0. The predicted octanol–water partition coefficient (Wildman–Crippen LogP) is 3.86. The number of hydrogen-bond acceptors (Lipinski definition) is 5. The Hall–Kier alpha value is -0.760. The van der Waals surface area contributed by atoms with Gasteiger partial charge >= 0.3 is 7.60 Å². The van der Waals surface area contributed by atoms with E-state index >= 15 is 0 Å². The van der Waals surface area contributed by atoms with Crippen LogP contribution in [-0.4, -0.2) is 65.0 Å². The molecule has 0 aliphatic heterocycles. The summed E-state index contributed by atoms with van der Waals surface area (Å²) in [5, 5.41) is 0. The maximum absolute atomic E-state index is 12.9. The van der Waals surface area contributed by atoms with Crippen LogP contribution >= 0.6 is 7.60 Å². The zero-order chi connectivity index (χ0) is 22.1. The highest BCUT2D eigenvalue weighted by atomic mass is 32.2. The maximum Gasteiger partial charge on any atom is 0.331 e. The SMILES string of the molecule is CC(C)OP(=O)(CCC[N+](C)(C)CCCNS(=O)(=O)c1ccccc1)OC(C)C. The summed E-state index contributed by atoms with van der Waals surface area (Å²) in [6.45, 7) is 9.40. The third-order valence-electron chi connectivity index (χ3n) is 4.22. The van der Waals surface area contributed by atoms with Crippen molar-refractivity contribution in [3.63, 3.8) is 0 Å². The number of nitrogens with zero attached hydrogens (tertiary/aromatic N) is 1. The van der Waals surface area contributed by atoms with Crippen LogP contribution in [-0.2, 0) is 23.6 Å². The Morgan fingerprint density at radius 1 is 0.966 bits per heavy atom. The molecule has 1 rings (SSSR count). The smallest absolute Gasteiger partial charge is 0.328 e. The topological polar surface area (TPSA) is 81.7 Å². The minimum atomic E-state index is -3.46. The van der Waals surface area contributed by atoms with Gasteiger partial charge in [0.1, 0.15) is 0 Å². The van der Waals surface area contributed by atoms with Crippen LogP contribution in [0.3, 0.4) is 0 Å². The number of benzene rings is 1. The van der Waals surface area contributed by atoms with Gasteiger partial charge in [-0.25, -0.2) is 13.1 Å². The minimum Gasteiger partial charge on any atom is -0.328 e. The van der Waals surface area contributed by atoms with Gasteiger partial charge in [0.25, 0.3) is 0 Å². The zero-order valence-corrected chi connectivity index (χ0v) is 20.3. The summed E-state index contributed by atoms with van der Waals surface area (Å²) in [7, 11) is -2.40. The average Bonchev–Trinajstić information content (AvgIpc) is 2.58. The van der Waals surface area contributed by atoms with Crippen LogP contribution in [0.5, 0.6) is 0 Å². The van der Waals surface area contributed by atoms with Crippen molar-refractivity contribution in [1.82, 2.24) is 4.72 Å². The van der Waals surface area contributed by atoms with E-state index in [4.69, 9.17) is 9.05 Å². The van der Waals surface area contributed by atoms with Crippen molar-refractivity contribution in [3.05, 3.63) is 30.3 Å². The molecule has 9 heteroatoms. The predicted molar refractivity (Wildman–Crippen MR) is 118 cm³/mol. The number of rotatable bonds is 14. The lowest BCUT2D eigenvalue weighted by molar-refractivity contribution is -0.890. The molecule has 0 saturated heterocycles. The van der Waals surface area contributed by atoms with Gasteiger partial charge in [-0.15, -0.1) is 0 Å². The Kier molecular flexibility index (Phi) is 10.5. The van der Waals surface area contributed by atoms with Gasteiger partial charge in [0.2, 0.25) is 10.0 Å². The van der Waals surface area contributed by atoms with Crippen LogP contribution in [0, 0.1) is 0 Å². The lowest BCUT2D eigenvalue weighted by atomic mass is 10.3. The van der Waals surface area contributed by atoms with Gasteiger partial charge in [0, 0.05) is 19.4 Å². The molecular weight excluding hydrogens is 411 g/mol. The second-order valence-electron chi connectivity index (χ2n) is 8.44. The Balaban J connectivity index is 2.44. The van der Waals surface area contributed by atoms with Crippen LogP contribution < -0.4 is 4.72 Å². The first kappa shape index (κ1) is 26.3. The van der Waals surface area contributed by atoms with Crippen molar-refractivity contribution in [1.29, 1.82) is 0 Å². The van der Waals surface area contributed by atoms with Gasteiger partial charge in [-0.05, 0) is 39.8 Å². The van der Waals surface area contributed by atoms with E-state index in [0.717, 1.165) is 13.1 Å². The third-order valence-corrected chi connectivity index (χ3v) is 8.05. The lowest BCUT2D eigenvalue weighted by Gasteiger charge is -2.31. The summed E-state index contributed by atoms with van der Waals surface area (Å²) in [4.78, 5) is 0.278. The van der Waals surface area contributed by atoms with Gasteiger partial charge < -0.3 is 13.5 Å². The second-order valence-corrected chi connectivity index (χ2v) is 12.3. The molecule has 0 aliphatic carbocycles. The highest BCUT2D eigenvalue weighted by Crippen LogP contribution is 2.51. The monoisotopic (exact) mass is 449 g/mol. The average molecular weight is 450 g/mol. The Bertz CT molecular complexity index is 737. The molecular formula is C20H38N2O5PS+. The van der Waals surface area contributed by atoms with E-state index in [1.807, 2.05) is 27.7 Å². The first-order valence-electron chi connectivity index (χ1n) is 10.2. The van der Waals surface area contributed by atoms with Crippen molar-refractivity contribution >= 4 is 17.6 Å². The molecule has 1 aromatic carbocycles. The molecule has 1 N–H and O–H groups in total. The van der Waals surface area contributed by atoms with Crippen molar-refractivity contribution in [2.75, 3.05) is 39.9 Å². The molecule has 168 valence electrons. The van der Waals surface area contributed by atoms with Gasteiger partial charge in [-0.1, -0.05) is 18.2 Å². The Morgan fingerprint density at radius 2 is 1.48 bits per heavy atom. The summed E-state index contributed by atoms with van der Waals surface area (Å²) in [5.74, 6) is 0. The van der Waals surface area contributed by atoms with Crippen molar-refractivity contribution < 1.29 is 26.5 Å². The highest BCUT2D eigenvalue weighted by Gasteiger charge is 2.28. The van der Waals surface area contributed by atoms with Crippen LogP contribution in [0.1, 0.15) is 40.5 Å². The lowest BCUT2D eigenvalue weighted by Crippen LogP contribution is -2.42. The molecule has 7 nitrogen and oxygen atoms in total. The fourth-order valence-corrected chi connectivity index (χ4v) is 6.14. The largest absolute Gasteiger partial charge is 0.331 e. The van der Waals surface area contributed by atoms with E-state index in [1.165, 1.54) is 0 Å². The molecule has 0 fully saturated rings. The molecule has 0 heterocycles. The van der Waals surface area contributed by atoms with Crippen LogP contribution in [0.4, 0.5) is 0 Å². The molecule has 0 aliphatic rings. The van der Waals surface area contributed by atoms with E-state index in [9.17, 15) is 13.0 Å². The standard InChI is InChI=1S/C20H38N2O5PS/c1-18(2)26-28(23,27-19(3)4)17-11-16-22(5,6)15-10-14-21-29(24,25)20-12-8-7-9-13-20/h7-9,12-13,18-19,21H,10-11,14-17H2,1-6H3/q+1. The minimum absolute atomic E-state index is 0.153. The van der Waals surface area contributed by atoms with E-state index in [0.29, 0.717) is 30.0 Å². The molecule has 0 atom stereocenters. The fraction of sp³-hybridized carbons (Fsp3) is 0.700. The van der Waals surface area contributed by atoms with E-state index in [-0.39, 0.29) is 17.1 Å². The van der Waals surface area contributed by atoms with Gasteiger partial charge in [0.05, 0.1) is 50.5 Å². The molecule has 0 unspecified atom stereocenters. The normalized spacial score (nSPS) is 13.4. The molecule has 1 aromatic rings. The van der Waals surface area contributed by atoms with Crippen LogP contribution in [0.25, 0.3) is 0 Å². The molecule has 0 aromatic heterocycles. The van der Waals surface area contributed by atoms with Crippen LogP contribution in [0.15, 0.2) is 35.2 Å². The molecule has 0 radical (unpaired) electrons. The summed E-state index contributed by atoms with van der Waals surface area (Å²) >= 11 is 0. The first-order chi connectivity index (χ1) is 13.4. The van der Waals surface area contributed by atoms with Gasteiger partial charge in [0.15, 0.2) is 0 Å². The van der Waals surface area contributed by atoms with Gasteiger partial charge in [-0.3, -0.25) is 4.57 Å². The maximum atomic E-state index is 12.9. The van der Waals surface area contributed by atoms with Crippen molar-refractivity contribution in [2.24, 2.45) is 0 Å². The summed E-state index contributed by atoms with van der Waals surface area (Å²) < 4.78 is 51.9. The molecule has 29 heavy (non-hydrogen) atoms. The van der Waals surface area contributed by atoms with Gasteiger partial charge in [-0.2, -0.15) is 0 Å². The highest BCUT2D eigenvalue weighted by molar-refractivity contribution is 7.89. The molecule has 0 amide bonds. The molecule has 0 spiro atoms. The third kappa shape index (κ3) is 10.7.